The van der Waals surface area contributed by atoms with Gasteiger partial charge in [-0.15, -0.1) is 11.3 Å². The van der Waals surface area contributed by atoms with E-state index in [0.29, 0.717) is 13.2 Å². The molecule has 0 aromatic carbocycles. The van der Waals surface area contributed by atoms with Crippen molar-refractivity contribution in [3.8, 4) is 0 Å². The number of amides is 1. The molecule has 5 nitrogen and oxygen atoms in total. The summed E-state index contributed by atoms with van der Waals surface area (Å²) in [6, 6.07) is -0.172. The van der Waals surface area contributed by atoms with Crippen molar-refractivity contribution in [3.05, 3.63) is 22.7 Å². The first kappa shape index (κ1) is 22.1. The van der Waals surface area contributed by atoms with Gasteiger partial charge in [0.2, 0.25) is 0 Å². The van der Waals surface area contributed by atoms with Gasteiger partial charge < -0.3 is 9.16 Å². The third-order valence-corrected chi connectivity index (χ3v) is 10.5. The van der Waals surface area contributed by atoms with E-state index < -0.39 is 13.9 Å². The molecule has 1 aromatic heterocycles. The molecule has 0 spiro atoms. The Bertz CT molecular complexity index is 672. The van der Waals surface area contributed by atoms with Crippen LogP contribution in [-0.4, -0.2) is 49.1 Å². The van der Waals surface area contributed by atoms with Crippen molar-refractivity contribution in [2.24, 2.45) is 0 Å². The van der Waals surface area contributed by atoms with Crippen molar-refractivity contribution in [1.82, 2.24) is 9.88 Å². The Labute approximate surface area is 168 Å². The maximum absolute atomic E-state index is 12.9. The quantitative estimate of drug-likeness (QED) is 0.610. The molecule has 1 aliphatic rings. The molecule has 0 aliphatic carbocycles. The smallest absolute Gasteiger partial charge is 0.410 e. The number of nitrogens with zero attached hydrogens (tertiary/aromatic N) is 2. The average Bonchev–Trinajstić information content (AvgIpc) is 3.04. The average molecular weight is 411 g/mol. The second-order valence-electron chi connectivity index (χ2n) is 9.55. The molecule has 27 heavy (non-hydrogen) atoms. The Hall–Kier alpha value is -1.18. The highest BCUT2D eigenvalue weighted by molar-refractivity contribution is 7.10. The zero-order chi connectivity index (χ0) is 20.5. The lowest BCUT2D eigenvalue weighted by atomic mass is 10.0. The van der Waals surface area contributed by atoms with Crippen LogP contribution in [-0.2, 0) is 9.16 Å². The minimum Gasteiger partial charge on any atom is -0.444 e. The Balaban J connectivity index is 2.28. The van der Waals surface area contributed by atoms with Gasteiger partial charge in [-0.05, 0) is 45.3 Å². The second kappa shape index (κ2) is 8.05. The highest BCUT2D eigenvalue weighted by atomic mass is 32.1. The highest BCUT2D eigenvalue weighted by Gasteiger charge is 2.40. The van der Waals surface area contributed by atoms with E-state index in [0.717, 1.165) is 17.0 Å². The van der Waals surface area contributed by atoms with Crippen LogP contribution in [0.15, 0.2) is 17.7 Å². The van der Waals surface area contributed by atoms with Gasteiger partial charge in [0, 0.05) is 23.7 Å². The summed E-state index contributed by atoms with van der Waals surface area (Å²) in [4.78, 5) is 19.2. The van der Waals surface area contributed by atoms with E-state index in [1.807, 2.05) is 31.1 Å². The summed E-state index contributed by atoms with van der Waals surface area (Å²) in [6.45, 7) is 17.9. The van der Waals surface area contributed by atoms with Crippen molar-refractivity contribution in [1.29, 1.82) is 0 Å². The summed E-state index contributed by atoms with van der Waals surface area (Å²) in [5.41, 5.74) is 0.547. The van der Waals surface area contributed by atoms with Crippen LogP contribution in [0.1, 0.15) is 53.0 Å². The van der Waals surface area contributed by atoms with Crippen LogP contribution in [0.2, 0.25) is 18.1 Å². The fourth-order valence-electron chi connectivity index (χ4n) is 2.64. The van der Waals surface area contributed by atoms with Gasteiger partial charge in [0.15, 0.2) is 8.32 Å². The van der Waals surface area contributed by atoms with E-state index in [1.165, 1.54) is 0 Å². The normalized spacial score (nSPS) is 19.0. The van der Waals surface area contributed by atoms with Gasteiger partial charge in [-0.1, -0.05) is 26.8 Å². The maximum Gasteiger partial charge on any atom is 0.410 e. The highest BCUT2D eigenvalue weighted by Crippen LogP contribution is 2.38. The summed E-state index contributed by atoms with van der Waals surface area (Å²) in [7, 11) is -1.94. The van der Waals surface area contributed by atoms with Gasteiger partial charge in [-0.3, -0.25) is 4.90 Å². The van der Waals surface area contributed by atoms with Crippen LogP contribution in [0.5, 0.6) is 0 Å². The fourth-order valence-corrected chi connectivity index (χ4v) is 4.37. The number of hydrogen-bond donors (Lipinski definition) is 0. The third kappa shape index (κ3) is 5.65. The minimum absolute atomic E-state index is 0.115. The Morgan fingerprint density at radius 1 is 1.30 bits per heavy atom. The first-order valence-corrected chi connectivity index (χ1v) is 13.3. The first-order chi connectivity index (χ1) is 12.3. The summed E-state index contributed by atoms with van der Waals surface area (Å²) in [5.74, 6) is 0. The third-order valence-electron chi connectivity index (χ3n) is 5.18. The Morgan fingerprint density at radius 3 is 2.48 bits per heavy atom. The molecule has 0 N–H and O–H groups in total. The number of carbonyl (C=O) groups excluding carboxylic acids is 1. The SMILES string of the molecule is CC(C)(C)OC(=O)N1CCC=C(c2nccs2)[C@H]1CO[Si](C)(C)C(C)(C)C. The van der Waals surface area contributed by atoms with Crippen molar-refractivity contribution in [3.63, 3.8) is 0 Å². The van der Waals surface area contributed by atoms with Gasteiger partial charge in [-0.2, -0.15) is 0 Å². The maximum atomic E-state index is 12.9. The van der Waals surface area contributed by atoms with E-state index in [4.69, 9.17) is 9.16 Å². The van der Waals surface area contributed by atoms with E-state index in [-0.39, 0.29) is 17.2 Å². The molecule has 7 heteroatoms. The molecule has 0 saturated heterocycles. The molecule has 0 saturated carbocycles. The van der Waals surface area contributed by atoms with Crippen molar-refractivity contribution < 1.29 is 14.0 Å². The largest absolute Gasteiger partial charge is 0.444 e. The minimum atomic E-state index is -1.94. The van der Waals surface area contributed by atoms with E-state index >= 15 is 0 Å². The standard InChI is InChI=1S/C20H34N2O3SSi/c1-19(2,3)25-18(23)22-12-9-10-15(17-21-11-13-26-17)16(22)14-24-27(7,8)20(4,5)6/h10-11,13,16H,9,12,14H2,1-8H3/t16-/m1/s1. The molecule has 0 unspecified atom stereocenters. The lowest BCUT2D eigenvalue weighted by molar-refractivity contribution is 0.0157. The molecule has 2 rings (SSSR count). The molecule has 152 valence electrons. The number of rotatable bonds is 4. The summed E-state index contributed by atoms with van der Waals surface area (Å²) < 4.78 is 12.2. The van der Waals surface area contributed by atoms with E-state index in [2.05, 4.69) is 44.9 Å². The number of thiazole rings is 1. The van der Waals surface area contributed by atoms with Crippen LogP contribution in [0.25, 0.3) is 5.57 Å². The van der Waals surface area contributed by atoms with Gasteiger partial charge in [0.05, 0.1) is 12.6 Å². The first-order valence-electron chi connectivity index (χ1n) is 9.55. The molecule has 0 fully saturated rings. The number of ether oxygens (including phenoxy) is 1. The molecule has 2 heterocycles. The summed E-state index contributed by atoms with van der Waals surface area (Å²) in [6.07, 6.45) is 4.51. The van der Waals surface area contributed by atoms with E-state index in [1.54, 1.807) is 17.5 Å². The van der Waals surface area contributed by atoms with Crippen LogP contribution in [0, 0.1) is 0 Å². The number of aromatic nitrogens is 1. The monoisotopic (exact) mass is 410 g/mol. The zero-order valence-corrected chi connectivity index (χ0v) is 19.8. The number of hydrogen-bond acceptors (Lipinski definition) is 5. The van der Waals surface area contributed by atoms with Gasteiger partial charge in [0.1, 0.15) is 10.6 Å². The van der Waals surface area contributed by atoms with Crippen molar-refractivity contribution in [2.75, 3.05) is 13.2 Å². The van der Waals surface area contributed by atoms with Gasteiger partial charge in [0.25, 0.3) is 0 Å². The van der Waals surface area contributed by atoms with Crippen LogP contribution >= 0.6 is 11.3 Å². The van der Waals surface area contributed by atoms with E-state index in [9.17, 15) is 4.79 Å². The molecular weight excluding hydrogens is 376 g/mol. The topological polar surface area (TPSA) is 51.7 Å². The molecular formula is C20H34N2O3SSi. The molecule has 1 amide bonds. The van der Waals surface area contributed by atoms with Gasteiger partial charge >= 0.3 is 6.09 Å². The van der Waals surface area contributed by atoms with Crippen LogP contribution in [0.4, 0.5) is 4.79 Å². The Morgan fingerprint density at radius 2 is 1.96 bits per heavy atom. The lowest BCUT2D eigenvalue weighted by Gasteiger charge is -2.41. The van der Waals surface area contributed by atoms with Crippen molar-refractivity contribution in [2.45, 2.75) is 77.7 Å². The number of carbonyl (C=O) groups is 1. The van der Waals surface area contributed by atoms with Crippen molar-refractivity contribution >= 4 is 31.3 Å². The van der Waals surface area contributed by atoms with Crippen LogP contribution in [0.3, 0.4) is 0 Å². The predicted octanol–water partition coefficient (Wildman–Crippen LogP) is 5.56. The molecule has 1 aliphatic heterocycles. The fraction of sp³-hybridized carbons (Fsp3) is 0.700. The molecule has 0 radical (unpaired) electrons. The summed E-state index contributed by atoms with van der Waals surface area (Å²) >= 11 is 1.60. The zero-order valence-electron chi connectivity index (χ0n) is 18.0. The molecule has 1 aromatic rings. The summed E-state index contributed by atoms with van der Waals surface area (Å²) in [5, 5.41) is 3.03. The second-order valence-corrected chi connectivity index (χ2v) is 15.3. The van der Waals surface area contributed by atoms with Crippen LogP contribution < -0.4 is 0 Å². The lowest BCUT2D eigenvalue weighted by Crippen LogP contribution is -2.51. The molecule has 1 atom stereocenters. The van der Waals surface area contributed by atoms with Gasteiger partial charge in [-0.25, -0.2) is 9.78 Å². The predicted molar refractivity (Wildman–Crippen MR) is 115 cm³/mol. The Kier molecular flexibility index (Phi) is 6.59. The molecule has 0 bridgehead atoms.